The van der Waals surface area contributed by atoms with Gasteiger partial charge in [-0.15, -0.1) is 0 Å². The number of carbonyl (C=O) groups is 1. The van der Waals surface area contributed by atoms with Crippen LogP contribution in [0.3, 0.4) is 0 Å². The molecule has 1 fully saturated rings. The van der Waals surface area contributed by atoms with Crippen molar-refractivity contribution in [3.8, 4) is 0 Å². The summed E-state index contributed by atoms with van der Waals surface area (Å²) in [4.78, 5) is 18.6. The van der Waals surface area contributed by atoms with Crippen LogP contribution in [0.5, 0.6) is 0 Å². The molecule has 1 saturated carbocycles. The van der Waals surface area contributed by atoms with E-state index in [0.717, 1.165) is 18.3 Å². The lowest BCUT2D eigenvalue weighted by Crippen LogP contribution is -2.16. The minimum Gasteiger partial charge on any atom is -0.481 e. The number of aliphatic carboxylic acids is 1. The highest BCUT2D eigenvalue weighted by atomic mass is 16.4. The summed E-state index contributed by atoms with van der Waals surface area (Å²) in [6.07, 6.45) is 6.83. The lowest BCUT2D eigenvalue weighted by Gasteiger charge is -2.25. The molecule has 0 atom stereocenters. The molecule has 104 valence electrons. The molecule has 2 rings (SSSR count). The summed E-state index contributed by atoms with van der Waals surface area (Å²) < 4.78 is 0. The number of carboxylic acids is 1. The predicted octanol–water partition coefficient (Wildman–Crippen LogP) is 1.97. The smallest absolute Gasteiger partial charge is 0.305 e. The number of nitrogens with one attached hydrogen (secondary N) is 2. The quantitative estimate of drug-likeness (QED) is 0.665. The summed E-state index contributed by atoms with van der Waals surface area (Å²) in [5.74, 6) is 1.50. The van der Waals surface area contributed by atoms with Crippen LogP contribution in [0.2, 0.25) is 0 Å². The first-order valence-electron chi connectivity index (χ1n) is 6.75. The van der Waals surface area contributed by atoms with Gasteiger partial charge in [0.2, 0.25) is 0 Å². The maximum absolute atomic E-state index is 10.4. The average molecular weight is 264 g/mol. The Bertz CT molecular complexity index is 421. The summed E-state index contributed by atoms with van der Waals surface area (Å²) in [6.45, 7) is 1.30. The van der Waals surface area contributed by atoms with Crippen molar-refractivity contribution in [2.75, 3.05) is 23.7 Å². The molecule has 0 aromatic carbocycles. The molecule has 0 amide bonds. The normalized spacial score (nSPS) is 14.7. The zero-order valence-corrected chi connectivity index (χ0v) is 10.9. The molecule has 1 heterocycles. The maximum Gasteiger partial charge on any atom is 0.305 e. The van der Waals surface area contributed by atoms with Crippen LogP contribution < -0.4 is 10.6 Å². The molecule has 0 bridgehead atoms. The highest BCUT2D eigenvalue weighted by Crippen LogP contribution is 2.29. The van der Waals surface area contributed by atoms with Crippen LogP contribution in [0, 0.1) is 5.92 Å². The molecule has 1 aromatic heterocycles. The van der Waals surface area contributed by atoms with Crippen molar-refractivity contribution in [1.29, 1.82) is 0 Å². The Labute approximate surface area is 112 Å². The van der Waals surface area contributed by atoms with Crippen molar-refractivity contribution < 1.29 is 9.90 Å². The van der Waals surface area contributed by atoms with Gasteiger partial charge in [0.25, 0.3) is 0 Å². The van der Waals surface area contributed by atoms with Crippen LogP contribution in [0.4, 0.5) is 11.6 Å². The van der Waals surface area contributed by atoms with Crippen LogP contribution in [-0.4, -0.2) is 34.1 Å². The Morgan fingerprint density at radius 3 is 2.53 bits per heavy atom. The SMILES string of the molecule is O=C(O)CCNc1cc(NCCC2CCC2)ncn1. The molecular formula is C13H20N4O2. The molecule has 0 unspecified atom stereocenters. The molecule has 3 N–H and O–H groups in total. The first-order chi connectivity index (χ1) is 9.24. The number of hydrogen-bond donors (Lipinski definition) is 3. The molecule has 0 spiro atoms. The van der Waals surface area contributed by atoms with Gasteiger partial charge in [0, 0.05) is 19.2 Å². The molecule has 0 aliphatic heterocycles. The third-order valence-corrected chi connectivity index (χ3v) is 3.40. The van der Waals surface area contributed by atoms with Gasteiger partial charge in [-0.05, 0) is 12.3 Å². The lowest BCUT2D eigenvalue weighted by atomic mass is 9.83. The van der Waals surface area contributed by atoms with E-state index >= 15 is 0 Å². The second-order valence-corrected chi connectivity index (χ2v) is 4.87. The minimum absolute atomic E-state index is 0.0778. The van der Waals surface area contributed by atoms with Gasteiger partial charge in [-0.3, -0.25) is 4.79 Å². The van der Waals surface area contributed by atoms with E-state index in [1.807, 2.05) is 6.07 Å². The molecule has 6 heteroatoms. The summed E-state index contributed by atoms with van der Waals surface area (Å²) in [6, 6.07) is 1.81. The summed E-state index contributed by atoms with van der Waals surface area (Å²) in [5, 5.41) is 14.8. The highest BCUT2D eigenvalue weighted by Gasteiger charge is 2.16. The molecule has 1 aliphatic carbocycles. The second kappa shape index (κ2) is 6.92. The Morgan fingerprint density at radius 2 is 1.95 bits per heavy atom. The topological polar surface area (TPSA) is 87.1 Å². The minimum atomic E-state index is -0.819. The second-order valence-electron chi connectivity index (χ2n) is 4.87. The zero-order valence-electron chi connectivity index (χ0n) is 10.9. The van der Waals surface area contributed by atoms with E-state index in [-0.39, 0.29) is 6.42 Å². The fourth-order valence-electron chi connectivity index (χ4n) is 2.03. The first-order valence-corrected chi connectivity index (χ1v) is 6.75. The highest BCUT2D eigenvalue weighted by molar-refractivity contribution is 5.67. The Kier molecular flexibility index (Phi) is 4.94. The largest absolute Gasteiger partial charge is 0.481 e. The van der Waals surface area contributed by atoms with Crippen LogP contribution in [0.15, 0.2) is 12.4 Å². The van der Waals surface area contributed by atoms with Gasteiger partial charge in [0.1, 0.15) is 18.0 Å². The number of anilines is 2. The number of rotatable bonds is 8. The zero-order chi connectivity index (χ0) is 13.5. The van der Waals surface area contributed by atoms with Crippen molar-refractivity contribution in [2.24, 2.45) is 5.92 Å². The van der Waals surface area contributed by atoms with Gasteiger partial charge < -0.3 is 15.7 Å². The molecule has 1 aliphatic rings. The van der Waals surface area contributed by atoms with Crippen molar-refractivity contribution >= 4 is 17.6 Å². The van der Waals surface area contributed by atoms with E-state index in [4.69, 9.17) is 5.11 Å². The van der Waals surface area contributed by atoms with Gasteiger partial charge >= 0.3 is 5.97 Å². The van der Waals surface area contributed by atoms with Crippen LogP contribution in [-0.2, 0) is 4.79 Å². The van der Waals surface area contributed by atoms with Crippen molar-refractivity contribution in [1.82, 2.24) is 9.97 Å². The fraction of sp³-hybridized carbons (Fsp3) is 0.615. The fourth-order valence-corrected chi connectivity index (χ4v) is 2.03. The summed E-state index contributed by atoms with van der Waals surface area (Å²) in [5.41, 5.74) is 0. The van der Waals surface area contributed by atoms with Gasteiger partial charge in [0.05, 0.1) is 6.42 Å². The Hall–Kier alpha value is -1.85. The number of aromatic nitrogens is 2. The predicted molar refractivity (Wildman–Crippen MR) is 73.2 cm³/mol. The Balaban J connectivity index is 1.72. The van der Waals surface area contributed by atoms with Crippen molar-refractivity contribution in [3.05, 3.63) is 12.4 Å². The van der Waals surface area contributed by atoms with E-state index in [1.54, 1.807) is 0 Å². The third-order valence-electron chi connectivity index (χ3n) is 3.40. The van der Waals surface area contributed by atoms with Crippen molar-refractivity contribution in [2.45, 2.75) is 32.1 Å². The van der Waals surface area contributed by atoms with Gasteiger partial charge in [-0.25, -0.2) is 9.97 Å². The monoisotopic (exact) mass is 264 g/mol. The lowest BCUT2D eigenvalue weighted by molar-refractivity contribution is -0.136. The molecule has 0 radical (unpaired) electrons. The van der Waals surface area contributed by atoms with Crippen molar-refractivity contribution in [3.63, 3.8) is 0 Å². The van der Waals surface area contributed by atoms with E-state index in [1.165, 1.54) is 32.0 Å². The number of carboxylic acid groups (broad SMARTS) is 1. The molecular weight excluding hydrogens is 244 g/mol. The van der Waals surface area contributed by atoms with Crippen LogP contribution in [0.1, 0.15) is 32.1 Å². The molecule has 0 saturated heterocycles. The Morgan fingerprint density at radius 1 is 1.26 bits per heavy atom. The van der Waals surface area contributed by atoms with Crippen LogP contribution in [0.25, 0.3) is 0 Å². The molecule has 1 aromatic rings. The van der Waals surface area contributed by atoms with Gasteiger partial charge in [0.15, 0.2) is 0 Å². The third kappa shape index (κ3) is 4.73. The summed E-state index contributed by atoms with van der Waals surface area (Å²) in [7, 11) is 0. The molecule has 6 nitrogen and oxygen atoms in total. The standard InChI is InChI=1S/C13H20N4O2/c18-13(19)5-7-15-12-8-11(16-9-17-12)14-6-4-10-2-1-3-10/h8-10H,1-7H2,(H,18,19)(H2,14,15,16,17). The maximum atomic E-state index is 10.4. The van der Waals surface area contributed by atoms with Gasteiger partial charge in [-0.2, -0.15) is 0 Å². The van der Waals surface area contributed by atoms with Crippen LogP contribution >= 0.6 is 0 Å². The average Bonchev–Trinajstić information content (AvgIpc) is 2.32. The van der Waals surface area contributed by atoms with E-state index in [0.29, 0.717) is 12.4 Å². The van der Waals surface area contributed by atoms with E-state index < -0.39 is 5.97 Å². The molecule has 19 heavy (non-hydrogen) atoms. The summed E-state index contributed by atoms with van der Waals surface area (Å²) >= 11 is 0. The van der Waals surface area contributed by atoms with E-state index in [9.17, 15) is 4.79 Å². The number of nitrogens with zero attached hydrogens (tertiary/aromatic N) is 2. The number of hydrogen-bond acceptors (Lipinski definition) is 5. The first kappa shape index (κ1) is 13.6. The van der Waals surface area contributed by atoms with Gasteiger partial charge in [-0.1, -0.05) is 19.3 Å². The van der Waals surface area contributed by atoms with E-state index in [2.05, 4.69) is 20.6 Å².